The Labute approximate surface area is 135 Å². The number of rotatable bonds is 5. The molecule has 110 valence electrons. The van der Waals surface area contributed by atoms with Crippen LogP contribution < -0.4 is 10.1 Å². The summed E-state index contributed by atoms with van der Waals surface area (Å²) >= 11 is 9.31. The van der Waals surface area contributed by atoms with E-state index in [9.17, 15) is 10.1 Å². The molecule has 0 amide bonds. The van der Waals surface area contributed by atoms with Crippen LogP contribution in [-0.2, 0) is 6.54 Å². The minimum Gasteiger partial charge on any atom is -0.490 e. The van der Waals surface area contributed by atoms with E-state index in [1.807, 2.05) is 6.07 Å². The van der Waals surface area contributed by atoms with Crippen LogP contribution in [0.5, 0.6) is 5.75 Å². The fourth-order valence-electron chi connectivity index (χ4n) is 1.80. The highest BCUT2D eigenvalue weighted by Crippen LogP contribution is 2.30. The third-order valence-electron chi connectivity index (χ3n) is 2.87. The molecule has 0 aliphatic carbocycles. The number of methoxy groups -OCH3 is 1. The number of nitro groups is 1. The highest BCUT2D eigenvalue weighted by molar-refractivity contribution is 9.10. The Morgan fingerprint density at radius 1 is 1.33 bits per heavy atom. The summed E-state index contributed by atoms with van der Waals surface area (Å²) in [4.78, 5) is 10.5. The minimum absolute atomic E-state index is 0.0716. The molecule has 0 bridgehead atoms. The molecule has 5 nitrogen and oxygen atoms in total. The molecule has 0 atom stereocenters. The molecule has 0 spiro atoms. The number of benzene rings is 2. The number of anilines is 1. The topological polar surface area (TPSA) is 64.4 Å². The molecule has 2 rings (SSSR count). The first-order valence-electron chi connectivity index (χ1n) is 6.01. The third kappa shape index (κ3) is 3.86. The maximum Gasteiger partial charge on any atom is 0.312 e. The predicted octanol–water partition coefficient (Wildman–Crippen LogP) is 4.63. The fraction of sp³-hybridized carbons (Fsp3) is 0.143. The van der Waals surface area contributed by atoms with Crippen LogP contribution in [0, 0.1) is 10.1 Å². The molecule has 0 unspecified atom stereocenters. The number of halogens is 2. The molecule has 0 radical (unpaired) electrons. The van der Waals surface area contributed by atoms with Crippen molar-refractivity contribution >= 4 is 38.9 Å². The molecular weight excluding hydrogens is 360 g/mol. The van der Waals surface area contributed by atoms with Crippen LogP contribution in [0.15, 0.2) is 40.9 Å². The van der Waals surface area contributed by atoms with Crippen LogP contribution >= 0.6 is 27.5 Å². The Kier molecular flexibility index (Phi) is 5.03. The molecule has 0 aliphatic rings. The van der Waals surface area contributed by atoms with Gasteiger partial charge in [-0.2, -0.15) is 0 Å². The van der Waals surface area contributed by atoms with Crippen molar-refractivity contribution < 1.29 is 9.66 Å². The SMILES string of the molecule is COc1ccc(NCc2ccc(Cl)cc2Br)cc1[N+](=O)[O-]. The van der Waals surface area contributed by atoms with Gasteiger partial charge in [-0.05, 0) is 29.8 Å². The van der Waals surface area contributed by atoms with E-state index in [-0.39, 0.29) is 11.4 Å². The molecule has 21 heavy (non-hydrogen) atoms. The molecule has 0 saturated heterocycles. The fourth-order valence-corrected chi connectivity index (χ4v) is 2.63. The van der Waals surface area contributed by atoms with Crippen molar-refractivity contribution in [1.82, 2.24) is 0 Å². The van der Waals surface area contributed by atoms with E-state index in [0.29, 0.717) is 17.3 Å². The molecule has 2 aromatic rings. The van der Waals surface area contributed by atoms with Crippen molar-refractivity contribution in [2.24, 2.45) is 0 Å². The zero-order valence-electron chi connectivity index (χ0n) is 11.1. The lowest BCUT2D eigenvalue weighted by atomic mass is 10.2. The first-order valence-corrected chi connectivity index (χ1v) is 7.18. The lowest BCUT2D eigenvalue weighted by molar-refractivity contribution is -0.385. The van der Waals surface area contributed by atoms with Gasteiger partial charge in [-0.15, -0.1) is 0 Å². The maximum atomic E-state index is 11.0. The largest absolute Gasteiger partial charge is 0.490 e. The summed E-state index contributed by atoms with van der Waals surface area (Å²) in [6.45, 7) is 0.515. The maximum absolute atomic E-state index is 11.0. The van der Waals surface area contributed by atoms with Gasteiger partial charge >= 0.3 is 5.69 Å². The summed E-state index contributed by atoms with van der Waals surface area (Å²) in [5, 5.41) is 14.8. The number of ether oxygens (including phenoxy) is 1. The van der Waals surface area contributed by atoms with E-state index in [4.69, 9.17) is 16.3 Å². The van der Waals surface area contributed by atoms with E-state index in [1.165, 1.54) is 13.2 Å². The van der Waals surface area contributed by atoms with Crippen LogP contribution in [-0.4, -0.2) is 12.0 Å². The van der Waals surface area contributed by atoms with Crippen molar-refractivity contribution in [3.8, 4) is 5.75 Å². The molecule has 0 aromatic heterocycles. The number of hydrogen-bond donors (Lipinski definition) is 1. The molecule has 0 saturated carbocycles. The van der Waals surface area contributed by atoms with Crippen molar-refractivity contribution in [1.29, 1.82) is 0 Å². The smallest absolute Gasteiger partial charge is 0.312 e. The summed E-state index contributed by atoms with van der Waals surface area (Å²) < 4.78 is 5.85. The predicted molar refractivity (Wildman–Crippen MR) is 86.1 cm³/mol. The molecule has 0 aliphatic heterocycles. The van der Waals surface area contributed by atoms with Gasteiger partial charge in [-0.3, -0.25) is 10.1 Å². The summed E-state index contributed by atoms with van der Waals surface area (Å²) in [5.74, 6) is 0.234. The van der Waals surface area contributed by atoms with Gasteiger partial charge < -0.3 is 10.1 Å². The molecule has 7 heteroatoms. The van der Waals surface area contributed by atoms with E-state index in [2.05, 4.69) is 21.2 Å². The van der Waals surface area contributed by atoms with Gasteiger partial charge in [0.1, 0.15) is 0 Å². The molecule has 0 fully saturated rings. The quantitative estimate of drug-likeness (QED) is 0.614. The minimum atomic E-state index is -0.470. The lowest BCUT2D eigenvalue weighted by Gasteiger charge is -2.09. The molecule has 0 heterocycles. The van der Waals surface area contributed by atoms with Gasteiger partial charge in [0, 0.05) is 27.8 Å². The van der Waals surface area contributed by atoms with Crippen LogP contribution in [0.4, 0.5) is 11.4 Å². The second-order valence-electron chi connectivity index (χ2n) is 4.23. The Morgan fingerprint density at radius 3 is 2.71 bits per heavy atom. The van der Waals surface area contributed by atoms with Crippen molar-refractivity contribution in [2.45, 2.75) is 6.54 Å². The highest BCUT2D eigenvalue weighted by Gasteiger charge is 2.15. The second kappa shape index (κ2) is 6.78. The van der Waals surface area contributed by atoms with Gasteiger partial charge in [-0.25, -0.2) is 0 Å². The number of nitrogens with one attached hydrogen (secondary N) is 1. The van der Waals surface area contributed by atoms with E-state index in [1.54, 1.807) is 24.3 Å². The summed E-state index contributed by atoms with van der Waals surface area (Å²) in [6.07, 6.45) is 0. The van der Waals surface area contributed by atoms with E-state index < -0.39 is 4.92 Å². The summed E-state index contributed by atoms with van der Waals surface area (Å²) in [5.41, 5.74) is 1.57. The van der Waals surface area contributed by atoms with Gasteiger partial charge in [-0.1, -0.05) is 33.6 Å². The van der Waals surface area contributed by atoms with Crippen LogP contribution in [0.3, 0.4) is 0 Å². The average molecular weight is 372 g/mol. The zero-order chi connectivity index (χ0) is 15.4. The average Bonchev–Trinajstić information content (AvgIpc) is 2.46. The Balaban J connectivity index is 2.16. The van der Waals surface area contributed by atoms with Crippen molar-refractivity contribution in [3.63, 3.8) is 0 Å². The van der Waals surface area contributed by atoms with Crippen LogP contribution in [0.25, 0.3) is 0 Å². The van der Waals surface area contributed by atoms with Gasteiger partial charge in [0.2, 0.25) is 0 Å². The summed E-state index contributed by atoms with van der Waals surface area (Å²) in [7, 11) is 1.40. The first kappa shape index (κ1) is 15.6. The highest BCUT2D eigenvalue weighted by atomic mass is 79.9. The number of nitro benzene ring substituents is 1. The standard InChI is InChI=1S/C14H12BrClN2O3/c1-21-14-5-4-11(7-13(14)18(19)20)17-8-9-2-3-10(16)6-12(9)15/h2-7,17H,8H2,1H3. The van der Waals surface area contributed by atoms with E-state index in [0.717, 1.165) is 10.0 Å². The van der Waals surface area contributed by atoms with Gasteiger partial charge in [0.25, 0.3) is 0 Å². The molecule has 1 N–H and O–H groups in total. The van der Waals surface area contributed by atoms with Crippen molar-refractivity contribution in [3.05, 3.63) is 61.6 Å². The monoisotopic (exact) mass is 370 g/mol. The van der Waals surface area contributed by atoms with Crippen molar-refractivity contribution in [2.75, 3.05) is 12.4 Å². The Bertz CT molecular complexity index is 679. The lowest BCUT2D eigenvalue weighted by Crippen LogP contribution is -2.01. The Morgan fingerprint density at radius 2 is 2.10 bits per heavy atom. The first-order chi connectivity index (χ1) is 10.0. The second-order valence-corrected chi connectivity index (χ2v) is 5.52. The van der Waals surface area contributed by atoms with Gasteiger partial charge in [0.05, 0.1) is 12.0 Å². The van der Waals surface area contributed by atoms with Gasteiger partial charge in [0.15, 0.2) is 5.75 Å². The van der Waals surface area contributed by atoms with Crippen LogP contribution in [0.1, 0.15) is 5.56 Å². The van der Waals surface area contributed by atoms with E-state index >= 15 is 0 Å². The molecular formula is C14H12BrClN2O3. The molecule has 2 aromatic carbocycles. The number of hydrogen-bond acceptors (Lipinski definition) is 4. The zero-order valence-corrected chi connectivity index (χ0v) is 13.4. The third-order valence-corrected chi connectivity index (χ3v) is 3.85. The van der Waals surface area contributed by atoms with Crippen LogP contribution in [0.2, 0.25) is 5.02 Å². The normalized spacial score (nSPS) is 10.2. The Hall–Kier alpha value is -1.79. The number of nitrogens with zero attached hydrogens (tertiary/aromatic N) is 1. The summed E-state index contributed by atoms with van der Waals surface area (Å²) in [6, 6.07) is 10.2.